The zero-order valence-electron chi connectivity index (χ0n) is 8.77. The number of rotatable bonds is 0. The van der Waals surface area contributed by atoms with Crippen LogP contribution in [0.4, 0.5) is 0 Å². The summed E-state index contributed by atoms with van der Waals surface area (Å²) in [4.78, 5) is 17.2. The smallest absolute Gasteiger partial charge is 0.167 e. The van der Waals surface area contributed by atoms with Gasteiger partial charge in [-0.25, -0.2) is 0 Å². The summed E-state index contributed by atoms with van der Waals surface area (Å²) in [7, 11) is 0. The number of fused-ring (bicyclic) bond motifs is 2. The van der Waals surface area contributed by atoms with Crippen LogP contribution < -0.4 is 0 Å². The normalized spacial score (nSPS) is 18.6. The van der Waals surface area contributed by atoms with Crippen molar-refractivity contribution in [1.29, 1.82) is 0 Å². The van der Waals surface area contributed by atoms with E-state index >= 15 is 0 Å². The Morgan fingerprint density at radius 2 is 2.06 bits per heavy atom. The number of hydrogen-bond acceptors (Lipinski definition) is 3. The number of ketones is 1. The lowest BCUT2D eigenvalue weighted by Gasteiger charge is -2.16. The summed E-state index contributed by atoms with van der Waals surface area (Å²) in [6.45, 7) is 0. The molecule has 0 atom stereocenters. The molecular formula is C13H11NO2. The summed E-state index contributed by atoms with van der Waals surface area (Å²) in [5.74, 6) is 0.886. The lowest BCUT2D eigenvalue weighted by molar-refractivity contribution is -0.114. The van der Waals surface area contributed by atoms with E-state index in [0.29, 0.717) is 6.42 Å². The first-order valence-electron chi connectivity index (χ1n) is 5.42. The van der Waals surface area contributed by atoms with Crippen LogP contribution in [0.25, 0.3) is 5.57 Å². The first-order valence-corrected chi connectivity index (χ1v) is 5.42. The maximum absolute atomic E-state index is 12.0. The van der Waals surface area contributed by atoms with Crippen molar-refractivity contribution in [2.24, 2.45) is 5.16 Å². The van der Waals surface area contributed by atoms with Gasteiger partial charge in [-0.05, 0) is 12.0 Å². The van der Waals surface area contributed by atoms with E-state index in [0.717, 1.165) is 35.3 Å². The number of oxime groups is 1. The zero-order valence-corrected chi connectivity index (χ0v) is 8.77. The molecule has 0 amide bonds. The lowest BCUT2D eigenvalue weighted by Crippen LogP contribution is -2.11. The van der Waals surface area contributed by atoms with E-state index in [-0.39, 0.29) is 5.78 Å². The number of nitrogens with zero attached hydrogens (tertiary/aromatic N) is 1. The number of carbonyl (C=O) groups is 1. The molecule has 1 aliphatic heterocycles. The lowest BCUT2D eigenvalue weighted by atomic mass is 9.89. The van der Waals surface area contributed by atoms with Crippen LogP contribution in [0.5, 0.6) is 0 Å². The molecule has 1 heterocycles. The van der Waals surface area contributed by atoms with E-state index in [9.17, 15) is 4.79 Å². The standard InChI is InChI=1S/C13H11NO2/c15-11-6-3-7-12-13(11)10-5-2-1-4-9(10)8-14-16-12/h1-2,4-5,8H,3,6-7H2. The third-order valence-corrected chi connectivity index (χ3v) is 2.95. The van der Waals surface area contributed by atoms with Crippen LogP contribution >= 0.6 is 0 Å². The van der Waals surface area contributed by atoms with Gasteiger partial charge in [-0.15, -0.1) is 0 Å². The quantitative estimate of drug-likeness (QED) is 0.664. The monoisotopic (exact) mass is 213 g/mol. The highest BCUT2D eigenvalue weighted by Crippen LogP contribution is 2.33. The van der Waals surface area contributed by atoms with E-state index in [2.05, 4.69) is 5.16 Å². The molecule has 1 aromatic carbocycles. The molecule has 1 aromatic rings. The van der Waals surface area contributed by atoms with E-state index in [1.807, 2.05) is 24.3 Å². The van der Waals surface area contributed by atoms with E-state index in [1.54, 1.807) is 6.21 Å². The molecule has 2 aliphatic rings. The van der Waals surface area contributed by atoms with Crippen LogP contribution in [0.15, 0.2) is 35.2 Å². The Hall–Kier alpha value is -1.90. The van der Waals surface area contributed by atoms with Crippen LogP contribution in [0.1, 0.15) is 30.4 Å². The number of Topliss-reactive ketones (excluding diaryl/α,β-unsaturated/α-hetero) is 1. The summed E-state index contributed by atoms with van der Waals surface area (Å²) >= 11 is 0. The number of allylic oxidation sites excluding steroid dienone is 2. The van der Waals surface area contributed by atoms with Crippen molar-refractivity contribution < 1.29 is 9.63 Å². The summed E-state index contributed by atoms with van der Waals surface area (Å²) in [5.41, 5.74) is 2.62. The Bertz CT molecular complexity index is 514. The van der Waals surface area contributed by atoms with Crippen LogP contribution in [-0.2, 0) is 9.63 Å². The van der Waals surface area contributed by atoms with E-state index < -0.39 is 0 Å². The topological polar surface area (TPSA) is 38.7 Å². The van der Waals surface area contributed by atoms with Crippen molar-refractivity contribution >= 4 is 17.6 Å². The van der Waals surface area contributed by atoms with Crippen LogP contribution in [0.2, 0.25) is 0 Å². The Morgan fingerprint density at radius 3 is 3.00 bits per heavy atom. The number of carbonyl (C=O) groups excluding carboxylic acids is 1. The van der Waals surface area contributed by atoms with Crippen LogP contribution in [-0.4, -0.2) is 12.0 Å². The molecule has 0 fully saturated rings. The Labute approximate surface area is 93.4 Å². The molecule has 0 radical (unpaired) electrons. The molecule has 0 saturated carbocycles. The largest absolute Gasteiger partial charge is 0.361 e. The molecule has 0 N–H and O–H groups in total. The van der Waals surface area contributed by atoms with Gasteiger partial charge in [0.05, 0.1) is 11.8 Å². The zero-order chi connectivity index (χ0) is 11.0. The molecule has 3 nitrogen and oxygen atoms in total. The molecular weight excluding hydrogens is 202 g/mol. The molecule has 0 spiro atoms. The molecule has 0 aromatic heterocycles. The maximum atomic E-state index is 12.0. The first-order chi connectivity index (χ1) is 7.86. The second kappa shape index (κ2) is 3.59. The average Bonchev–Trinajstić information content (AvgIpc) is 2.49. The minimum Gasteiger partial charge on any atom is -0.361 e. The van der Waals surface area contributed by atoms with Crippen LogP contribution in [0, 0.1) is 0 Å². The number of benzene rings is 1. The van der Waals surface area contributed by atoms with Gasteiger partial charge in [0.15, 0.2) is 5.78 Å². The van der Waals surface area contributed by atoms with Gasteiger partial charge in [0, 0.05) is 18.4 Å². The predicted octanol–water partition coefficient (Wildman–Crippen LogP) is 2.51. The van der Waals surface area contributed by atoms with E-state index in [1.165, 1.54) is 0 Å². The highest BCUT2D eigenvalue weighted by atomic mass is 16.6. The van der Waals surface area contributed by atoms with Gasteiger partial charge in [0.25, 0.3) is 0 Å². The second-order valence-electron chi connectivity index (χ2n) is 3.99. The molecule has 3 heteroatoms. The highest BCUT2D eigenvalue weighted by molar-refractivity contribution is 6.23. The summed E-state index contributed by atoms with van der Waals surface area (Å²) in [5, 5.41) is 3.90. The SMILES string of the molecule is O=C1CCCC2=C1c1ccccc1C=NO2. The van der Waals surface area contributed by atoms with Crippen molar-refractivity contribution in [3.8, 4) is 0 Å². The van der Waals surface area contributed by atoms with Gasteiger partial charge < -0.3 is 4.84 Å². The maximum Gasteiger partial charge on any atom is 0.167 e. The molecule has 16 heavy (non-hydrogen) atoms. The molecule has 80 valence electrons. The Balaban J connectivity index is 2.25. The summed E-state index contributed by atoms with van der Waals surface area (Å²) in [6, 6.07) is 7.77. The molecule has 0 saturated heterocycles. The average molecular weight is 213 g/mol. The Morgan fingerprint density at radius 1 is 1.19 bits per heavy atom. The van der Waals surface area contributed by atoms with Crippen molar-refractivity contribution in [3.63, 3.8) is 0 Å². The minimum absolute atomic E-state index is 0.166. The van der Waals surface area contributed by atoms with Gasteiger partial charge in [-0.2, -0.15) is 0 Å². The fourth-order valence-corrected chi connectivity index (χ4v) is 2.19. The van der Waals surface area contributed by atoms with Crippen molar-refractivity contribution in [2.75, 3.05) is 0 Å². The van der Waals surface area contributed by atoms with Crippen molar-refractivity contribution in [2.45, 2.75) is 19.3 Å². The van der Waals surface area contributed by atoms with Crippen molar-refractivity contribution in [3.05, 3.63) is 41.2 Å². The summed E-state index contributed by atoms with van der Waals surface area (Å²) in [6.07, 6.45) is 3.93. The van der Waals surface area contributed by atoms with E-state index in [4.69, 9.17) is 4.84 Å². The van der Waals surface area contributed by atoms with Crippen LogP contribution in [0.3, 0.4) is 0 Å². The first kappa shape index (κ1) is 9.33. The van der Waals surface area contributed by atoms with Crippen molar-refractivity contribution in [1.82, 2.24) is 0 Å². The van der Waals surface area contributed by atoms with Gasteiger partial charge in [0.1, 0.15) is 5.76 Å². The van der Waals surface area contributed by atoms with Gasteiger partial charge in [0.2, 0.25) is 0 Å². The van der Waals surface area contributed by atoms with Gasteiger partial charge in [-0.3, -0.25) is 4.79 Å². The van der Waals surface area contributed by atoms with Gasteiger partial charge >= 0.3 is 0 Å². The minimum atomic E-state index is 0.166. The molecule has 1 aliphatic carbocycles. The fourth-order valence-electron chi connectivity index (χ4n) is 2.19. The molecule has 3 rings (SSSR count). The highest BCUT2D eigenvalue weighted by Gasteiger charge is 2.26. The number of hydrogen-bond donors (Lipinski definition) is 0. The third-order valence-electron chi connectivity index (χ3n) is 2.95. The fraction of sp³-hybridized carbons (Fsp3) is 0.231. The predicted molar refractivity (Wildman–Crippen MR) is 60.9 cm³/mol. The third kappa shape index (κ3) is 1.36. The second-order valence-corrected chi connectivity index (χ2v) is 3.99. The molecule has 0 unspecified atom stereocenters. The molecule has 0 bridgehead atoms. The Kier molecular flexibility index (Phi) is 2.10. The summed E-state index contributed by atoms with van der Waals surface area (Å²) < 4.78 is 0. The van der Waals surface area contributed by atoms with Gasteiger partial charge in [-0.1, -0.05) is 29.4 Å².